The largest absolute Gasteiger partial charge is 0.396 e. The number of aliphatic hydroxyl groups is 1. The quantitative estimate of drug-likeness (QED) is 0.795. The van der Waals surface area contributed by atoms with Gasteiger partial charge in [0.25, 0.3) is 0 Å². The zero-order chi connectivity index (χ0) is 13.5. The van der Waals surface area contributed by atoms with Gasteiger partial charge in [-0.25, -0.2) is 0 Å². The first-order chi connectivity index (χ1) is 9.29. The van der Waals surface area contributed by atoms with E-state index in [0.29, 0.717) is 24.3 Å². The van der Waals surface area contributed by atoms with Crippen LogP contribution in [0.25, 0.3) is 0 Å². The van der Waals surface area contributed by atoms with Crippen LogP contribution in [0.3, 0.4) is 0 Å². The fourth-order valence-corrected chi connectivity index (χ4v) is 3.34. The molecule has 2 unspecified atom stereocenters. The first-order valence-electron chi connectivity index (χ1n) is 7.91. The van der Waals surface area contributed by atoms with E-state index in [-0.39, 0.29) is 6.61 Å². The van der Waals surface area contributed by atoms with E-state index in [2.05, 4.69) is 5.32 Å². The van der Waals surface area contributed by atoms with E-state index < -0.39 is 0 Å². The smallest absolute Gasteiger partial charge is 0.222 e. The third-order valence-electron chi connectivity index (χ3n) is 4.53. The molecule has 0 aromatic heterocycles. The molecule has 4 nitrogen and oxygen atoms in total. The molecule has 0 bridgehead atoms. The molecule has 2 aliphatic heterocycles. The summed E-state index contributed by atoms with van der Waals surface area (Å²) in [6.07, 6.45) is 8.57. The maximum absolute atomic E-state index is 12.2. The molecule has 2 atom stereocenters. The summed E-state index contributed by atoms with van der Waals surface area (Å²) in [5.41, 5.74) is 0. The van der Waals surface area contributed by atoms with Crippen molar-refractivity contribution in [2.45, 2.75) is 57.4 Å². The van der Waals surface area contributed by atoms with Crippen LogP contribution in [0.4, 0.5) is 0 Å². The highest BCUT2D eigenvalue weighted by Crippen LogP contribution is 2.20. The fourth-order valence-electron chi connectivity index (χ4n) is 3.34. The van der Waals surface area contributed by atoms with E-state index in [9.17, 15) is 4.79 Å². The summed E-state index contributed by atoms with van der Waals surface area (Å²) in [7, 11) is 0. The highest BCUT2D eigenvalue weighted by molar-refractivity contribution is 5.76. The van der Waals surface area contributed by atoms with E-state index in [1.54, 1.807) is 0 Å². The predicted octanol–water partition coefficient (Wildman–Crippen LogP) is 1.53. The van der Waals surface area contributed by atoms with Crippen molar-refractivity contribution < 1.29 is 9.90 Å². The van der Waals surface area contributed by atoms with Crippen molar-refractivity contribution in [2.75, 3.05) is 26.2 Å². The molecule has 2 saturated heterocycles. The van der Waals surface area contributed by atoms with Crippen molar-refractivity contribution in [3.8, 4) is 0 Å². The van der Waals surface area contributed by atoms with Gasteiger partial charge in [0, 0.05) is 32.2 Å². The van der Waals surface area contributed by atoms with Crippen LogP contribution in [0.1, 0.15) is 51.4 Å². The van der Waals surface area contributed by atoms with Crippen LogP contribution in [0.15, 0.2) is 0 Å². The summed E-state index contributed by atoms with van der Waals surface area (Å²) in [4.78, 5) is 14.2. The SMILES string of the molecule is O=C(CCC1CCCCN1)N1CCCC(CCO)C1. The molecule has 0 radical (unpaired) electrons. The number of carbonyl (C=O) groups is 1. The van der Waals surface area contributed by atoms with E-state index >= 15 is 0 Å². The van der Waals surface area contributed by atoms with Crippen LogP contribution >= 0.6 is 0 Å². The number of aliphatic hydroxyl groups excluding tert-OH is 1. The summed E-state index contributed by atoms with van der Waals surface area (Å²) in [6, 6.07) is 0.552. The number of likely N-dealkylation sites (tertiary alicyclic amines) is 1. The molecular weight excluding hydrogens is 240 g/mol. The van der Waals surface area contributed by atoms with E-state index in [4.69, 9.17) is 5.11 Å². The van der Waals surface area contributed by atoms with E-state index in [1.807, 2.05) is 4.90 Å². The molecule has 2 rings (SSSR count). The molecule has 0 spiro atoms. The normalized spacial score (nSPS) is 28.4. The zero-order valence-electron chi connectivity index (χ0n) is 11.9. The van der Waals surface area contributed by atoms with Gasteiger partial charge in [-0.15, -0.1) is 0 Å². The molecule has 0 aliphatic carbocycles. The van der Waals surface area contributed by atoms with Crippen molar-refractivity contribution in [3.05, 3.63) is 0 Å². The molecule has 2 aliphatic rings. The Morgan fingerprint density at radius 1 is 1.21 bits per heavy atom. The second-order valence-electron chi connectivity index (χ2n) is 6.05. The van der Waals surface area contributed by atoms with Gasteiger partial charge in [-0.2, -0.15) is 0 Å². The lowest BCUT2D eigenvalue weighted by atomic mass is 9.94. The van der Waals surface area contributed by atoms with Gasteiger partial charge in [0.05, 0.1) is 0 Å². The zero-order valence-corrected chi connectivity index (χ0v) is 11.9. The summed E-state index contributed by atoms with van der Waals surface area (Å²) < 4.78 is 0. The second-order valence-corrected chi connectivity index (χ2v) is 6.05. The summed E-state index contributed by atoms with van der Waals surface area (Å²) in [5.74, 6) is 0.825. The Morgan fingerprint density at radius 2 is 2.11 bits per heavy atom. The van der Waals surface area contributed by atoms with Gasteiger partial charge in [0.2, 0.25) is 5.91 Å². The number of nitrogens with zero attached hydrogens (tertiary/aromatic N) is 1. The number of carbonyl (C=O) groups excluding carboxylic acids is 1. The maximum atomic E-state index is 12.2. The average molecular weight is 268 g/mol. The molecule has 0 aromatic carbocycles. The third kappa shape index (κ3) is 4.77. The van der Waals surface area contributed by atoms with Crippen molar-refractivity contribution in [1.82, 2.24) is 10.2 Å². The minimum Gasteiger partial charge on any atom is -0.396 e. The molecule has 4 heteroatoms. The molecule has 0 saturated carbocycles. The number of hydrogen-bond acceptors (Lipinski definition) is 3. The Labute approximate surface area is 116 Å². The van der Waals surface area contributed by atoms with Gasteiger partial charge in [0.15, 0.2) is 0 Å². The lowest BCUT2D eigenvalue weighted by molar-refractivity contribution is -0.133. The summed E-state index contributed by atoms with van der Waals surface area (Å²) in [6.45, 7) is 3.14. The van der Waals surface area contributed by atoms with Crippen molar-refractivity contribution >= 4 is 5.91 Å². The first kappa shape index (κ1) is 14.8. The van der Waals surface area contributed by atoms with Gasteiger partial charge in [-0.1, -0.05) is 6.42 Å². The predicted molar refractivity (Wildman–Crippen MR) is 75.9 cm³/mol. The Bertz CT molecular complexity index is 275. The molecule has 0 aromatic rings. The minimum absolute atomic E-state index is 0.249. The summed E-state index contributed by atoms with van der Waals surface area (Å²) in [5, 5.41) is 12.5. The Morgan fingerprint density at radius 3 is 2.84 bits per heavy atom. The number of nitrogens with one attached hydrogen (secondary N) is 1. The van der Waals surface area contributed by atoms with Gasteiger partial charge < -0.3 is 15.3 Å². The van der Waals surface area contributed by atoms with Gasteiger partial charge >= 0.3 is 0 Å². The van der Waals surface area contributed by atoms with Gasteiger partial charge in [-0.3, -0.25) is 4.79 Å². The highest BCUT2D eigenvalue weighted by atomic mass is 16.3. The third-order valence-corrected chi connectivity index (χ3v) is 4.53. The van der Waals surface area contributed by atoms with Crippen molar-refractivity contribution in [1.29, 1.82) is 0 Å². The number of hydrogen-bond donors (Lipinski definition) is 2. The Kier molecular flexibility index (Phi) is 6.11. The molecule has 110 valence electrons. The number of piperidine rings is 2. The van der Waals surface area contributed by atoms with Crippen LogP contribution in [0.5, 0.6) is 0 Å². The van der Waals surface area contributed by atoms with Gasteiger partial charge in [0.1, 0.15) is 0 Å². The first-order valence-corrected chi connectivity index (χ1v) is 7.91. The van der Waals surface area contributed by atoms with Crippen molar-refractivity contribution in [2.24, 2.45) is 5.92 Å². The maximum Gasteiger partial charge on any atom is 0.222 e. The van der Waals surface area contributed by atoms with Crippen molar-refractivity contribution in [3.63, 3.8) is 0 Å². The minimum atomic E-state index is 0.249. The molecule has 1 amide bonds. The van der Waals surface area contributed by atoms with Crippen LogP contribution in [-0.2, 0) is 4.79 Å². The monoisotopic (exact) mass is 268 g/mol. The topological polar surface area (TPSA) is 52.6 Å². The van der Waals surface area contributed by atoms with Gasteiger partial charge in [-0.05, 0) is 51.0 Å². The number of amides is 1. The molecule has 2 N–H and O–H groups in total. The molecule has 2 fully saturated rings. The average Bonchev–Trinajstić information content (AvgIpc) is 2.46. The van der Waals surface area contributed by atoms with E-state index in [1.165, 1.54) is 19.3 Å². The van der Waals surface area contributed by atoms with Crippen LogP contribution in [0, 0.1) is 5.92 Å². The second kappa shape index (κ2) is 7.85. The summed E-state index contributed by atoms with van der Waals surface area (Å²) >= 11 is 0. The Balaban J connectivity index is 1.69. The lowest BCUT2D eigenvalue weighted by Gasteiger charge is -2.33. The molecule has 2 heterocycles. The highest BCUT2D eigenvalue weighted by Gasteiger charge is 2.23. The molecular formula is C15H28N2O2. The van der Waals surface area contributed by atoms with Crippen LogP contribution < -0.4 is 5.32 Å². The van der Waals surface area contributed by atoms with Crippen LogP contribution in [-0.4, -0.2) is 48.2 Å². The lowest BCUT2D eigenvalue weighted by Crippen LogP contribution is -2.41. The number of rotatable bonds is 5. The Hall–Kier alpha value is -0.610. The fraction of sp³-hybridized carbons (Fsp3) is 0.933. The van der Waals surface area contributed by atoms with Crippen LogP contribution in [0.2, 0.25) is 0 Å². The van der Waals surface area contributed by atoms with E-state index in [0.717, 1.165) is 45.3 Å². The molecule has 19 heavy (non-hydrogen) atoms. The standard InChI is InChI=1S/C15H28N2O2/c18-11-8-13-4-3-10-17(12-13)15(19)7-6-14-5-1-2-9-16-14/h13-14,16,18H,1-12H2.